The summed E-state index contributed by atoms with van der Waals surface area (Å²) in [6.07, 6.45) is 10.2. The Bertz CT molecular complexity index is 754. The van der Waals surface area contributed by atoms with Crippen molar-refractivity contribution in [3.8, 4) is 0 Å². The molecule has 26 heavy (non-hydrogen) atoms. The molecule has 6 bridgehead atoms. The first-order valence-corrected chi connectivity index (χ1v) is 11.0. The minimum atomic E-state index is 0.260. The number of benzene rings is 1. The number of ether oxygens (including phenoxy) is 1. The first-order valence-electron chi connectivity index (χ1n) is 11.0. The molecule has 0 aromatic heterocycles. The van der Waals surface area contributed by atoms with Crippen LogP contribution in [0.1, 0.15) is 62.0 Å². The van der Waals surface area contributed by atoms with E-state index in [0.29, 0.717) is 11.5 Å². The normalized spacial score (nSPS) is 51.3. The Morgan fingerprint density at radius 3 is 2.77 bits per heavy atom. The maximum atomic E-state index is 6.38. The van der Waals surface area contributed by atoms with Gasteiger partial charge in [-0.2, -0.15) is 0 Å². The highest BCUT2D eigenvalue weighted by atomic mass is 16.5. The summed E-state index contributed by atoms with van der Waals surface area (Å²) in [6, 6.07) is 11.0. The largest absolute Gasteiger partial charge is 0.375 e. The number of hydrogen-bond acceptors (Lipinski definition) is 3. The molecule has 5 atom stereocenters. The molecule has 0 radical (unpaired) electrons. The second-order valence-corrected chi connectivity index (χ2v) is 10.2. The molecule has 3 aliphatic heterocycles. The van der Waals surface area contributed by atoms with Gasteiger partial charge < -0.3 is 10.1 Å². The summed E-state index contributed by atoms with van der Waals surface area (Å²) >= 11 is 0. The van der Waals surface area contributed by atoms with E-state index >= 15 is 0 Å². The molecule has 4 unspecified atom stereocenters. The number of rotatable bonds is 2. The van der Waals surface area contributed by atoms with Gasteiger partial charge in [-0.3, -0.25) is 4.90 Å². The zero-order valence-electron chi connectivity index (χ0n) is 15.6. The molecule has 3 heteroatoms. The average molecular weight is 351 g/mol. The number of nitrogens with one attached hydrogen (secondary N) is 1. The highest BCUT2D eigenvalue weighted by Crippen LogP contribution is 2.64. The molecule has 7 aliphatic rings. The summed E-state index contributed by atoms with van der Waals surface area (Å²) < 4.78 is 6.38. The fourth-order valence-corrected chi connectivity index (χ4v) is 8.39. The molecule has 4 aliphatic carbocycles. The van der Waals surface area contributed by atoms with Gasteiger partial charge >= 0.3 is 0 Å². The Kier molecular flexibility index (Phi) is 2.86. The van der Waals surface area contributed by atoms with E-state index in [-0.39, 0.29) is 5.54 Å². The minimum absolute atomic E-state index is 0.260. The van der Waals surface area contributed by atoms with Crippen molar-refractivity contribution >= 4 is 0 Å². The van der Waals surface area contributed by atoms with Crippen LogP contribution in [0.2, 0.25) is 0 Å². The van der Waals surface area contributed by atoms with Crippen LogP contribution in [0.3, 0.4) is 0 Å². The number of fused-ring (bicyclic) bond motifs is 6. The molecule has 3 heterocycles. The Balaban J connectivity index is 1.38. The first kappa shape index (κ1) is 15.1. The topological polar surface area (TPSA) is 24.5 Å². The standard InChI is InChI=1S/C23H30N2O/c1-2-4-19-18(3-1)16-5-7-22(19,8-6-16)23-11-17(26-14-23)13-25(23)21-10-15-9-20(21)24-12-15/h1-4,15-17,20-21,24H,5-14H2/t15?,16?,17-,20?,21?,22?,23?/m1/s1. The Labute approximate surface area is 156 Å². The summed E-state index contributed by atoms with van der Waals surface area (Å²) in [5.41, 5.74) is 3.98. The second kappa shape index (κ2) is 4.92. The molecular formula is C23H30N2O. The molecule has 3 nitrogen and oxygen atoms in total. The van der Waals surface area contributed by atoms with Crippen LogP contribution in [-0.2, 0) is 10.2 Å². The van der Waals surface area contributed by atoms with E-state index in [4.69, 9.17) is 4.74 Å². The van der Waals surface area contributed by atoms with E-state index in [1.807, 2.05) is 0 Å². The van der Waals surface area contributed by atoms with Crippen LogP contribution in [0.25, 0.3) is 0 Å². The lowest BCUT2D eigenvalue weighted by atomic mass is 9.50. The quantitative estimate of drug-likeness (QED) is 0.887. The molecule has 5 fully saturated rings. The van der Waals surface area contributed by atoms with Crippen LogP contribution in [0.5, 0.6) is 0 Å². The molecule has 3 saturated heterocycles. The van der Waals surface area contributed by atoms with Gasteiger partial charge in [0.2, 0.25) is 0 Å². The van der Waals surface area contributed by atoms with Crippen LogP contribution in [-0.4, -0.2) is 48.3 Å². The molecular weight excluding hydrogens is 320 g/mol. The third-order valence-corrected chi connectivity index (χ3v) is 9.42. The van der Waals surface area contributed by atoms with Gasteiger partial charge in [0.05, 0.1) is 18.2 Å². The van der Waals surface area contributed by atoms with E-state index in [9.17, 15) is 0 Å². The molecule has 0 amide bonds. The SMILES string of the molecule is c1ccc2c(c1)C1CCC2(C23CO[C@@H](CN2C2CC4CNC2C4)C3)CC1. The molecule has 138 valence electrons. The van der Waals surface area contributed by atoms with E-state index in [0.717, 1.165) is 30.5 Å². The van der Waals surface area contributed by atoms with Crippen molar-refractivity contribution in [2.75, 3.05) is 19.7 Å². The van der Waals surface area contributed by atoms with Crippen LogP contribution in [0.4, 0.5) is 0 Å². The lowest BCUT2D eigenvalue weighted by Gasteiger charge is -2.61. The lowest BCUT2D eigenvalue weighted by Crippen LogP contribution is -2.68. The molecule has 1 N–H and O–H groups in total. The summed E-state index contributed by atoms with van der Waals surface area (Å²) in [7, 11) is 0. The first-order chi connectivity index (χ1) is 12.8. The van der Waals surface area contributed by atoms with Gasteiger partial charge in [-0.1, -0.05) is 24.3 Å². The predicted molar refractivity (Wildman–Crippen MR) is 101 cm³/mol. The monoisotopic (exact) mass is 350 g/mol. The van der Waals surface area contributed by atoms with Gasteiger partial charge in [-0.15, -0.1) is 0 Å². The van der Waals surface area contributed by atoms with Crippen molar-refractivity contribution in [1.29, 1.82) is 0 Å². The minimum Gasteiger partial charge on any atom is -0.375 e. The van der Waals surface area contributed by atoms with Gasteiger partial charge in [0.1, 0.15) is 0 Å². The van der Waals surface area contributed by atoms with E-state index in [1.54, 1.807) is 11.1 Å². The summed E-state index contributed by atoms with van der Waals surface area (Å²) in [5.74, 6) is 1.75. The van der Waals surface area contributed by atoms with E-state index in [1.165, 1.54) is 58.0 Å². The average Bonchev–Trinajstić information content (AvgIpc) is 3.49. The fraction of sp³-hybridized carbons (Fsp3) is 0.739. The highest BCUT2D eigenvalue weighted by molar-refractivity contribution is 5.46. The van der Waals surface area contributed by atoms with Crippen LogP contribution in [0, 0.1) is 5.92 Å². The van der Waals surface area contributed by atoms with Crippen LogP contribution >= 0.6 is 0 Å². The molecule has 2 saturated carbocycles. The zero-order valence-corrected chi connectivity index (χ0v) is 15.6. The predicted octanol–water partition coefficient (Wildman–Crippen LogP) is 3.19. The second-order valence-electron chi connectivity index (χ2n) is 10.2. The summed E-state index contributed by atoms with van der Waals surface area (Å²) in [5, 5.41) is 3.84. The van der Waals surface area contributed by atoms with Gasteiger partial charge in [0.25, 0.3) is 0 Å². The zero-order chi connectivity index (χ0) is 16.9. The number of nitrogens with zero attached hydrogens (tertiary/aromatic N) is 1. The van der Waals surface area contributed by atoms with Crippen molar-refractivity contribution in [3.05, 3.63) is 35.4 Å². The Morgan fingerprint density at radius 1 is 1.12 bits per heavy atom. The van der Waals surface area contributed by atoms with E-state index in [2.05, 4.69) is 34.5 Å². The van der Waals surface area contributed by atoms with Crippen molar-refractivity contribution in [3.63, 3.8) is 0 Å². The molecule has 1 aromatic carbocycles. The van der Waals surface area contributed by atoms with Crippen molar-refractivity contribution in [2.45, 2.75) is 80.0 Å². The van der Waals surface area contributed by atoms with Crippen molar-refractivity contribution in [2.24, 2.45) is 5.92 Å². The molecule has 1 aromatic rings. The van der Waals surface area contributed by atoms with Gasteiger partial charge in [-0.05, 0) is 74.5 Å². The smallest absolute Gasteiger partial charge is 0.0722 e. The maximum Gasteiger partial charge on any atom is 0.0722 e. The number of hydrogen-bond donors (Lipinski definition) is 1. The van der Waals surface area contributed by atoms with Gasteiger partial charge in [-0.25, -0.2) is 0 Å². The number of morpholine rings is 1. The number of likely N-dealkylation sites (tertiary alicyclic amines) is 1. The lowest BCUT2D eigenvalue weighted by molar-refractivity contribution is -0.0855. The van der Waals surface area contributed by atoms with Crippen LogP contribution in [0.15, 0.2) is 24.3 Å². The Hall–Kier alpha value is -0.900. The number of piperidine rings is 1. The fourth-order valence-electron chi connectivity index (χ4n) is 8.39. The third kappa shape index (κ3) is 1.63. The summed E-state index contributed by atoms with van der Waals surface area (Å²) in [4.78, 5) is 3.00. The summed E-state index contributed by atoms with van der Waals surface area (Å²) in [6.45, 7) is 3.42. The van der Waals surface area contributed by atoms with Crippen molar-refractivity contribution < 1.29 is 4.74 Å². The molecule has 0 spiro atoms. The Morgan fingerprint density at radius 2 is 2.00 bits per heavy atom. The maximum absolute atomic E-state index is 6.38. The van der Waals surface area contributed by atoms with Gasteiger partial charge in [0.15, 0.2) is 0 Å². The van der Waals surface area contributed by atoms with Crippen LogP contribution < -0.4 is 5.32 Å². The van der Waals surface area contributed by atoms with E-state index < -0.39 is 0 Å². The van der Waals surface area contributed by atoms with Gasteiger partial charge in [0, 0.05) is 24.0 Å². The highest BCUT2D eigenvalue weighted by Gasteiger charge is 2.67. The molecule has 8 rings (SSSR count). The third-order valence-electron chi connectivity index (χ3n) is 9.42. The van der Waals surface area contributed by atoms with Crippen molar-refractivity contribution in [1.82, 2.24) is 10.2 Å².